The lowest BCUT2D eigenvalue weighted by molar-refractivity contribution is 0.126. The molecule has 0 saturated heterocycles. The van der Waals surface area contributed by atoms with Crippen molar-refractivity contribution in [3.05, 3.63) is 30.1 Å². The Hall–Kier alpha value is -2.87. The Labute approximate surface area is 144 Å². The maximum absolute atomic E-state index is 10.6. The van der Waals surface area contributed by atoms with Crippen LogP contribution in [-0.2, 0) is 17.9 Å². The normalized spacial score (nSPS) is 11.2. The van der Waals surface area contributed by atoms with Gasteiger partial charge in [0, 0.05) is 25.1 Å². The summed E-state index contributed by atoms with van der Waals surface area (Å²) in [5.41, 5.74) is 8.48. The van der Waals surface area contributed by atoms with Crippen LogP contribution in [-0.4, -0.2) is 38.9 Å². The van der Waals surface area contributed by atoms with Gasteiger partial charge in [-0.25, -0.2) is 14.8 Å². The fraction of sp³-hybridized carbons (Fsp3) is 0.353. The van der Waals surface area contributed by atoms with Crippen molar-refractivity contribution in [1.29, 1.82) is 0 Å². The summed E-state index contributed by atoms with van der Waals surface area (Å²) < 4.78 is 7.58. The smallest absolute Gasteiger partial charge is 0.404 e. The summed E-state index contributed by atoms with van der Waals surface area (Å²) in [5.74, 6) is 1.14. The van der Waals surface area contributed by atoms with Crippen molar-refractivity contribution in [2.75, 3.05) is 18.9 Å². The van der Waals surface area contributed by atoms with E-state index in [2.05, 4.69) is 19.9 Å². The molecule has 3 aromatic rings. The van der Waals surface area contributed by atoms with E-state index in [1.165, 1.54) is 0 Å². The number of rotatable bonds is 7. The summed E-state index contributed by atoms with van der Waals surface area (Å²) >= 11 is 0. The molecule has 132 valence electrons. The van der Waals surface area contributed by atoms with Crippen molar-refractivity contribution >= 4 is 33.8 Å². The maximum atomic E-state index is 10.6. The van der Waals surface area contributed by atoms with Crippen LogP contribution in [0.15, 0.2) is 24.3 Å². The number of pyridine rings is 1. The third kappa shape index (κ3) is 3.48. The molecule has 0 aliphatic carbocycles. The molecule has 8 nitrogen and oxygen atoms in total. The van der Waals surface area contributed by atoms with Gasteiger partial charge in [0.25, 0.3) is 0 Å². The summed E-state index contributed by atoms with van der Waals surface area (Å²) in [5, 5.41) is 12.1. The van der Waals surface area contributed by atoms with E-state index < -0.39 is 6.09 Å². The van der Waals surface area contributed by atoms with E-state index in [4.69, 9.17) is 15.6 Å². The van der Waals surface area contributed by atoms with Gasteiger partial charge in [-0.15, -0.1) is 0 Å². The number of anilines is 1. The third-order valence-corrected chi connectivity index (χ3v) is 3.96. The number of fused-ring (bicyclic) bond motifs is 3. The molecule has 0 aliphatic rings. The molecule has 0 aliphatic heterocycles. The number of hydrogen-bond acceptors (Lipinski definition) is 5. The molecule has 0 bridgehead atoms. The average molecular weight is 343 g/mol. The highest BCUT2D eigenvalue weighted by molar-refractivity contribution is 6.06. The number of benzene rings is 1. The number of aryl methyl sites for hydroxylation is 1. The fourth-order valence-corrected chi connectivity index (χ4v) is 2.88. The first-order valence-electron chi connectivity index (χ1n) is 8.19. The number of imidazole rings is 1. The molecular formula is C17H21N5O3. The predicted octanol–water partition coefficient (Wildman–Crippen LogP) is 2.36. The molecule has 4 N–H and O–H groups in total. The Morgan fingerprint density at radius 2 is 2.16 bits per heavy atom. The van der Waals surface area contributed by atoms with E-state index in [1.807, 2.05) is 31.2 Å². The number of ether oxygens (including phenoxy) is 1. The van der Waals surface area contributed by atoms with E-state index in [9.17, 15) is 4.79 Å². The lowest BCUT2D eigenvalue weighted by atomic mass is 10.2. The minimum absolute atomic E-state index is 0.363. The first kappa shape index (κ1) is 17.0. The number of nitrogens with two attached hydrogens (primary N) is 1. The lowest BCUT2D eigenvalue weighted by Crippen LogP contribution is -2.23. The van der Waals surface area contributed by atoms with Crippen LogP contribution in [0, 0.1) is 0 Å². The quantitative estimate of drug-likeness (QED) is 0.567. The van der Waals surface area contributed by atoms with Crippen LogP contribution < -0.4 is 11.1 Å². The molecule has 0 spiro atoms. The van der Waals surface area contributed by atoms with E-state index in [0.717, 1.165) is 22.2 Å². The molecule has 2 heterocycles. The van der Waals surface area contributed by atoms with Crippen LogP contribution in [0.5, 0.6) is 0 Å². The summed E-state index contributed by atoms with van der Waals surface area (Å²) in [6.45, 7) is 3.84. The molecule has 3 rings (SSSR count). The number of carbonyl (C=O) groups is 1. The molecule has 8 heteroatoms. The zero-order valence-electron chi connectivity index (χ0n) is 14.0. The standard InChI is InChI=1S/C17H21N5O3/c1-2-25-10-13-21-14-15(22(13)9-5-8-19-17(23)24)11-6-3-4-7-12(11)20-16(14)18/h3-4,6-7,19H,2,5,8-10H2,1H3,(H2,18,20)(H,23,24). The van der Waals surface area contributed by atoms with Gasteiger partial charge in [0.2, 0.25) is 0 Å². The van der Waals surface area contributed by atoms with Crippen LogP contribution >= 0.6 is 0 Å². The SMILES string of the molecule is CCOCc1nc2c(N)nc3ccccc3c2n1CCCNC(=O)O. The fourth-order valence-electron chi connectivity index (χ4n) is 2.88. The Morgan fingerprint density at radius 3 is 2.92 bits per heavy atom. The number of nitrogens with zero attached hydrogens (tertiary/aromatic N) is 3. The minimum Gasteiger partial charge on any atom is -0.465 e. The molecule has 2 aromatic heterocycles. The number of nitrogen functional groups attached to an aromatic ring is 1. The topological polar surface area (TPSA) is 115 Å². The average Bonchev–Trinajstić information content (AvgIpc) is 2.96. The molecule has 0 atom stereocenters. The highest BCUT2D eigenvalue weighted by Gasteiger charge is 2.17. The zero-order valence-corrected chi connectivity index (χ0v) is 14.0. The predicted molar refractivity (Wildman–Crippen MR) is 95.4 cm³/mol. The van der Waals surface area contributed by atoms with Gasteiger partial charge in [-0.2, -0.15) is 0 Å². The van der Waals surface area contributed by atoms with Gasteiger partial charge in [-0.1, -0.05) is 18.2 Å². The molecule has 0 unspecified atom stereocenters. The third-order valence-electron chi connectivity index (χ3n) is 3.96. The van der Waals surface area contributed by atoms with Crippen LogP contribution in [0.3, 0.4) is 0 Å². The Kier molecular flexibility index (Phi) is 4.99. The van der Waals surface area contributed by atoms with E-state index in [0.29, 0.717) is 44.1 Å². The molecule has 1 aromatic carbocycles. The van der Waals surface area contributed by atoms with Gasteiger partial charge in [0.1, 0.15) is 17.9 Å². The molecule has 0 radical (unpaired) electrons. The van der Waals surface area contributed by atoms with Crippen molar-refractivity contribution < 1.29 is 14.6 Å². The second-order valence-electron chi connectivity index (χ2n) is 5.61. The van der Waals surface area contributed by atoms with Gasteiger partial charge in [0.15, 0.2) is 5.82 Å². The van der Waals surface area contributed by atoms with Gasteiger partial charge in [-0.3, -0.25) is 0 Å². The number of carboxylic acid groups (broad SMARTS) is 1. The van der Waals surface area contributed by atoms with Crippen LogP contribution in [0.1, 0.15) is 19.2 Å². The molecule has 0 saturated carbocycles. The van der Waals surface area contributed by atoms with Crippen LogP contribution in [0.4, 0.5) is 10.6 Å². The Bertz CT molecular complexity index is 906. The van der Waals surface area contributed by atoms with Gasteiger partial charge >= 0.3 is 6.09 Å². The number of aromatic nitrogens is 3. The van der Waals surface area contributed by atoms with Crippen molar-refractivity contribution in [2.45, 2.75) is 26.5 Å². The molecule has 0 fully saturated rings. The highest BCUT2D eigenvalue weighted by Crippen LogP contribution is 2.29. The number of nitrogens with one attached hydrogen (secondary N) is 1. The van der Waals surface area contributed by atoms with E-state index in [-0.39, 0.29) is 0 Å². The monoisotopic (exact) mass is 343 g/mol. The van der Waals surface area contributed by atoms with Crippen LogP contribution in [0.2, 0.25) is 0 Å². The van der Waals surface area contributed by atoms with Crippen molar-refractivity contribution in [2.24, 2.45) is 0 Å². The summed E-state index contributed by atoms with van der Waals surface area (Å²) in [4.78, 5) is 19.7. The number of hydrogen-bond donors (Lipinski definition) is 3. The van der Waals surface area contributed by atoms with Gasteiger partial charge in [-0.05, 0) is 19.4 Å². The Morgan fingerprint density at radius 1 is 1.36 bits per heavy atom. The highest BCUT2D eigenvalue weighted by atomic mass is 16.5. The molecule has 25 heavy (non-hydrogen) atoms. The lowest BCUT2D eigenvalue weighted by Gasteiger charge is -2.11. The first-order valence-corrected chi connectivity index (χ1v) is 8.19. The van der Waals surface area contributed by atoms with E-state index in [1.54, 1.807) is 0 Å². The second kappa shape index (κ2) is 7.35. The second-order valence-corrected chi connectivity index (χ2v) is 5.61. The zero-order chi connectivity index (χ0) is 17.8. The largest absolute Gasteiger partial charge is 0.465 e. The van der Waals surface area contributed by atoms with Crippen molar-refractivity contribution in [1.82, 2.24) is 19.9 Å². The summed E-state index contributed by atoms with van der Waals surface area (Å²) in [7, 11) is 0. The van der Waals surface area contributed by atoms with Crippen LogP contribution in [0.25, 0.3) is 21.9 Å². The minimum atomic E-state index is -1.02. The van der Waals surface area contributed by atoms with Crippen molar-refractivity contribution in [3.63, 3.8) is 0 Å². The summed E-state index contributed by atoms with van der Waals surface area (Å²) in [6.07, 6.45) is -0.392. The summed E-state index contributed by atoms with van der Waals surface area (Å²) in [6, 6.07) is 7.77. The first-order chi connectivity index (χ1) is 12.1. The molecule has 1 amide bonds. The van der Waals surface area contributed by atoms with Gasteiger partial charge in [0.05, 0.1) is 11.0 Å². The van der Waals surface area contributed by atoms with Crippen molar-refractivity contribution in [3.8, 4) is 0 Å². The number of amides is 1. The molecular weight excluding hydrogens is 322 g/mol. The van der Waals surface area contributed by atoms with E-state index >= 15 is 0 Å². The maximum Gasteiger partial charge on any atom is 0.404 e. The number of para-hydroxylation sites is 1. The Balaban J connectivity index is 2.07. The van der Waals surface area contributed by atoms with Gasteiger partial charge < -0.3 is 25.5 Å².